The van der Waals surface area contributed by atoms with Gasteiger partial charge >= 0.3 is 0 Å². The van der Waals surface area contributed by atoms with E-state index in [1.165, 1.54) is 34.7 Å². The highest BCUT2D eigenvalue weighted by molar-refractivity contribution is 7.89. The van der Waals surface area contributed by atoms with Gasteiger partial charge in [-0.1, -0.05) is 18.2 Å². The number of pyridine rings is 1. The van der Waals surface area contributed by atoms with E-state index in [-0.39, 0.29) is 29.3 Å². The third-order valence-corrected chi connectivity index (χ3v) is 7.99. The van der Waals surface area contributed by atoms with Crippen LogP contribution in [-0.2, 0) is 23.1 Å². The summed E-state index contributed by atoms with van der Waals surface area (Å²) in [4.78, 5) is 28.3. The lowest BCUT2D eigenvalue weighted by Gasteiger charge is -2.22. The molecular weight excluding hydrogens is 472 g/mol. The minimum Gasteiger partial charge on any atom is -0.494 e. The molecule has 0 fully saturated rings. The molecule has 0 spiro atoms. The number of ether oxygens (including phenoxy) is 1. The Labute approximate surface area is 201 Å². The first kappa shape index (κ1) is 23.9. The Morgan fingerprint density at radius 1 is 1.06 bits per heavy atom. The summed E-state index contributed by atoms with van der Waals surface area (Å²) in [5.41, 5.74) is 0.896. The van der Waals surface area contributed by atoms with Crippen LogP contribution in [0.3, 0.4) is 0 Å². The van der Waals surface area contributed by atoms with Crippen molar-refractivity contribution in [3.8, 4) is 5.75 Å². The summed E-state index contributed by atoms with van der Waals surface area (Å²) in [6, 6.07) is 16.7. The second-order valence-electron chi connectivity index (χ2n) is 7.74. The third kappa shape index (κ3) is 5.11. The van der Waals surface area contributed by atoms with E-state index in [2.05, 4.69) is 4.98 Å². The van der Waals surface area contributed by atoms with Gasteiger partial charge in [0.1, 0.15) is 5.75 Å². The molecule has 34 heavy (non-hydrogen) atoms. The van der Waals surface area contributed by atoms with Gasteiger partial charge in [-0.2, -0.15) is 4.31 Å². The first-order valence-electron chi connectivity index (χ1n) is 10.7. The highest BCUT2D eigenvalue weighted by Gasteiger charge is 2.27. The van der Waals surface area contributed by atoms with Crippen molar-refractivity contribution in [2.75, 3.05) is 6.61 Å². The van der Waals surface area contributed by atoms with Crippen LogP contribution < -0.4 is 10.3 Å². The molecule has 2 aromatic heterocycles. The van der Waals surface area contributed by atoms with Crippen molar-refractivity contribution in [2.24, 2.45) is 0 Å². The average molecular weight is 497 g/mol. The molecule has 0 saturated heterocycles. The Morgan fingerprint density at radius 3 is 2.59 bits per heavy atom. The summed E-state index contributed by atoms with van der Waals surface area (Å²) < 4.78 is 34.1. The molecule has 0 unspecified atom stereocenters. The van der Waals surface area contributed by atoms with Crippen molar-refractivity contribution in [3.63, 3.8) is 0 Å². The maximum absolute atomic E-state index is 13.6. The van der Waals surface area contributed by atoms with Crippen molar-refractivity contribution in [3.05, 3.63) is 92.4 Å². The fraction of sp³-hybridized carbons (Fsp3) is 0.200. The van der Waals surface area contributed by atoms with Crippen molar-refractivity contribution >= 4 is 38.0 Å². The molecule has 0 aliphatic rings. The number of carbonyl (C=O) groups is 1. The van der Waals surface area contributed by atoms with Crippen LogP contribution in [0.1, 0.15) is 34.6 Å². The zero-order valence-electron chi connectivity index (χ0n) is 18.8. The van der Waals surface area contributed by atoms with Crippen LogP contribution in [0.5, 0.6) is 5.75 Å². The van der Waals surface area contributed by atoms with Gasteiger partial charge in [0.2, 0.25) is 10.0 Å². The van der Waals surface area contributed by atoms with Gasteiger partial charge in [0.15, 0.2) is 5.78 Å². The molecule has 0 aliphatic heterocycles. The normalized spacial score (nSPS) is 11.7. The number of nitrogens with one attached hydrogen (secondary N) is 1. The Hall–Kier alpha value is -3.27. The molecule has 0 saturated carbocycles. The van der Waals surface area contributed by atoms with Crippen LogP contribution in [0.15, 0.2) is 75.7 Å². The number of aromatic nitrogens is 1. The lowest BCUT2D eigenvalue weighted by Crippen LogP contribution is -2.32. The molecule has 2 aromatic carbocycles. The first-order valence-corrected chi connectivity index (χ1v) is 13.0. The lowest BCUT2D eigenvalue weighted by atomic mass is 10.1. The molecule has 4 aromatic rings. The Kier molecular flexibility index (Phi) is 6.97. The van der Waals surface area contributed by atoms with Crippen molar-refractivity contribution in [2.45, 2.75) is 31.8 Å². The summed E-state index contributed by atoms with van der Waals surface area (Å²) in [6.07, 6.45) is 0. The first-order chi connectivity index (χ1) is 16.3. The molecule has 0 radical (unpaired) electrons. The molecule has 0 bridgehead atoms. The molecule has 0 aliphatic carbocycles. The number of H-pyrrole nitrogens is 1. The minimum atomic E-state index is -4.01. The molecule has 9 heteroatoms. The van der Waals surface area contributed by atoms with E-state index in [1.807, 2.05) is 30.5 Å². The summed E-state index contributed by atoms with van der Waals surface area (Å²) in [5, 5.41) is 2.61. The van der Waals surface area contributed by atoms with Crippen molar-refractivity contribution < 1.29 is 17.9 Å². The Morgan fingerprint density at radius 2 is 1.88 bits per heavy atom. The number of Topliss-reactive ketones (excluding diaryl/α,β-unsaturated/α-hetero) is 1. The molecule has 2 heterocycles. The van der Waals surface area contributed by atoms with Crippen LogP contribution >= 0.6 is 11.3 Å². The Balaban J connectivity index is 1.77. The highest BCUT2D eigenvalue weighted by atomic mass is 32.2. The minimum absolute atomic E-state index is 0.00704. The van der Waals surface area contributed by atoms with Crippen LogP contribution in [0, 0.1) is 0 Å². The second kappa shape index (κ2) is 9.92. The number of ketones is 1. The van der Waals surface area contributed by atoms with Gasteiger partial charge in [-0.15, -0.1) is 11.3 Å². The summed E-state index contributed by atoms with van der Waals surface area (Å²) >= 11 is 1.43. The van der Waals surface area contributed by atoms with E-state index < -0.39 is 10.0 Å². The topological polar surface area (TPSA) is 96.5 Å². The molecule has 0 atom stereocenters. The number of fused-ring (bicyclic) bond motifs is 1. The number of thiophene rings is 1. The smallest absolute Gasteiger partial charge is 0.252 e. The fourth-order valence-electron chi connectivity index (χ4n) is 3.62. The number of benzene rings is 2. The third-order valence-electron chi connectivity index (χ3n) is 5.34. The van der Waals surface area contributed by atoms with E-state index in [4.69, 9.17) is 4.74 Å². The fourth-order valence-corrected chi connectivity index (χ4v) is 5.86. The number of rotatable bonds is 9. The van der Waals surface area contributed by atoms with Crippen LogP contribution in [0.4, 0.5) is 0 Å². The standard InChI is InChI=1S/C25H24N2O5S2/c1-3-32-21-9-10-24-19(13-21)12-20(25(29)26-24)15-27(16-22-7-5-11-33-22)34(30,31)23-8-4-6-18(14-23)17(2)28/h4-14H,3,15-16H2,1-2H3,(H,26,29). The molecule has 4 rings (SSSR count). The zero-order valence-corrected chi connectivity index (χ0v) is 20.4. The number of hydrogen-bond acceptors (Lipinski definition) is 6. The van der Waals surface area contributed by atoms with E-state index in [0.29, 0.717) is 29.0 Å². The second-order valence-corrected chi connectivity index (χ2v) is 10.7. The maximum Gasteiger partial charge on any atom is 0.252 e. The van der Waals surface area contributed by atoms with Crippen molar-refractivity contribution in [1.29, 1.82) is 0 Å². The van der Waals surface area contributed by atoms with Gasteiger partial charge < -0.3 is 9.72 Å². The van der Waals surface area contributed by atoms with E-state index >= 15 is 0 Å². The van der Waals surface area contributed by atoms with Gasteiger partial charge in [0.05, 0.1) is 11.5 Å². The summed E-state index contributed by atoms with van der Waals surface area (Å²) in [6.45, 7) is 3.75. The van der Waals surface area contributed by atoms with Crippen molar-refractivity contribution in [1.82, 2.24) is 9.29 Å². The number of sulfonamides is 1. The number of carbonyl (C=O) groups excluding carboxylic acids is 1. The largest absolute Gasteiger partial charge is 0.494 e. The quantitative estimate of drug-likeness (QED) is 0.342. The molecule has 1 N–H and O–H groups in total. The lowest BCUT2D eigenvalue weighted by molar-refractivity contribution is 0.101. The van der Waals surface area contributed by atoms with Gasteiger partial charge in [-0.3, -0.25) is 9.59 Å². The van der Waals surface area contributed by atoms with Crippen LogP contribution in [-0.4, -0.2) is 30.1 Å². The predicted molar refractivity (Wildman–Crippen MR) is 133 cm³/mol. The van der Waals surface area contributed by atoms with Gasteiger partial charge in [-0.25, -0.2) is 8.42 Å². The van der Waals surface area contributed by atoms with Crippen LogP contribution in [0.2, 0.25) is 0 Å². The van der Waals surface area contributed by atoms with Gasteiger partial charge in [0, 0.05) is 40.0 Å². The zero-order chi connectivity index (χ0) is 24.3. The molecular formula is C25H24N2O5S2. The number of aromatic amines is 1. The maximum atomic E-state index is 13.6. The average Bonchev–Trinajstić information content (AvgIpc) is 3.33. The molecule has 0 amide bonds. The number of hydrogen-bond donors (Lipinski definition) is 1. The van der Waals surface area contributed by atoms with E-state index in [1.54, 1.807) is 30.3 Å². The van der Waals surface area contributed by atoms with Crippen LogP contribution in [0.25, 0.3) is 10.9 Å². The van der Waals surface area contributed by atoms with E-state index in [9.17, 15) is 18.0 Å². The number of nitrogens with zero attached hydrogens (tertiary/aromatic N) is 1. The monoisotopic (exact) mass is 496 g/mol. The van der Waals surface area contributed by atoms with Gasteiger partial charge in [-0.05, 0) is 61.7 Å². The molecule has 7 nitrogen and oxygen atoms in total. The SMILES string of the molecule is CCOc1ccc2[nH]c(=O)c(CN(Cc3cccs3)S(=O)(=O)c3cccc(C(C)=O)c3)cc2c1. The summed E-state index contributed by atoms with van der Waals surface area (Å²) in [7, 11) is -4.01. The van der Waals surface area contributed by atoms with E-state index in [0.717, 1.165) is 10.3 Å². The van der Waals surface area contributed by atoms with Gasteiger partial charge in [0.25, 0.3) is 5.56 Å². The predicted octanol–water partition coefficient (Wildman–Crippen LogP) is 4.58. The summed E-state index contributed by atoms with van der Waals surface area (Å²) in [5.74, 6) is 0.440. The highest BCUT2D eigenvalue weighted by Crippen LogP contribution is 2.25. The molecule has 176 valence electrons. The Bertz CT molecular complexity index is 1490.